The van der Waals surface area contributed by atoms with E-state index in [1.165, 1.54) is 7.11 Å². The highest BCUT2D eigenvalue weighted by atomic mass is 16.5. The second-order valence-electron chi connectivity index (χ2n) is 4.58. The number of carbonyl (C=O) groups excluding carboxylic acids is 1. The number of hydrogen-bond donors (Lipinski definition) is 1. The largest absolute Gasteiger partial charge is 0.469 e. The summed E-state index contributed by atoms with van der Waals surface area (Å²) < 4.78 is 10.3. The lowest BCUT2D eigenvalue weighted by atomic mass is 9.83. The van der Waals surface area contributed by atoms with E-state index in [0.29, 0.717) is 5.76 Å². The second kappa shape index (κ2) is 4.29. The molecule has 0 saturated heterocycles. The first-order valence-electron chi connectivity index (χ1n) is 5.21. The van der Waals surface area contributed by atoms with Crippen molar-refractivity contribution in [1.29, 1.82) is 0 Å². The quantitative estimate of drug-likeness (QED) is 0.800. The zero-order chi connectivity index (χ0) is 12.5. The van der Waals surface area contributed by atoms with Crippen LogP contribution in [0.5, 0.6) is 0 Å². The fourth-order valence-corrected chi connectivity index (χ4v) is 1.50. The SMILES string of the molecule is COC(=O)C(C)(C)[C@H](N)c1cc(C)c(C)o1. The summed E-state index contributed by atoms with van der Waals surface area (Å²) in [5.74, 6) is 1.10. The van der Waals surface area contributed by atoms with Crippen molar-refractivity contribution in [2.45, 2.75) is 33.7 Å². The Morgan fingerprint density at radius 1 is 1.50 bits per heavy atom. The number of rotatable bonds is 3. The minimum atomic E-state index is -0.800. The molecule has 0 unspecified atom stereocenters. The number of methoxy groups -OCH3 is 1. The van der Waals surface area contributed by atoms with Crippen LogP contribution in [0.15, 0.2) is 10.5 Å². The summed E-state index contributed by atoms with van der Waals surface area (Å²) in [5, 5.41) is 0. The summed E-state index contributed by atoms with van der Waals surface area (Å²) in [7, 11) is 1.36. The molecule has 1 rings (SSSR count). The molecule has 1 aromatic heterocycles. The van der Waals surface area contributed by atoms with Gasteiger partial charge >= 0.3 is 5.97 Å². The Morgan fingerprint density at radius 3 is 2.44 bits per heavy atom. The van der Waals surface area contributed by atoms with Crippen molar-refractivity contribution >= 4 is 5.97 Å². The fraction of sp³-hybridized carbons (Fsp3) is 0.583. The van der Waals surface area contributed by atoms with Gasteiger partial charge in [-0.15, -0.1) is 0 Å². The number of ether oxygens (including phenoxy) is 1. The van der Waals surface area contributed by atoms with Crippen molar-refractivity contribution in [3.63, 3.8) is 0 Å². The first-order chi connectivity index (χ1) is 7.30. The van der Waals surface area contributed by atoms with Crippen LogP contribution in [0.4, 0.5) is 0 Å². The van der Waals surface area contributed by atoms with Gasteiger partial charge in [0.15, 0.2) is 0 Å². The summed E-state index contributed by atoms with van der Waals surface area (Å²) in [6, 6.07) is 1.36. The van der Waals surface area contributed by atoms with E-state index in [9.17, 15) is 4.79 Å². The molecule has 0 bridgehead atoms. The molecule has 0 amide bonds. The lowest BCUT2D eigenvalue weighted by Crippen LogP contribution is -2.37. The molecular weight excluding hydrogens is 206 g/mol. The molecule has 16 heavy (non-hydrogen) atoms. The van der Waals surface area contributed by atoms with Crippen molar-refractivity contribution < 1.29 is 13.9 Å². The van der Waals surface area contributed by atoms with Crippen LogP contribution in [0.1, 0.15) is 37.0 Å². The molecule has 1 heterocycles. The number of carbonyl (C=O) groups is 1. The maximum atomic E-state index is 11.6. The van der Waals surface area contributed by atoms with E-state index in [1.54, 1.807) is 13.8 Å². The minimum absolute atomic E-state index is 0.341. The number of esters is 1. The Bertz CT molecular complexity index is 373. The van der Waals surface area contributed by atoms with Crippen LogP contribution in [-0.2, 0) is 9.53 Å². The molecular formula is C12H19NO3. The zero-order valence-corrected chi connectivity index (χ0v) is 10.5. The predicted octanol–water partition coefficient (Wildman–Crippen LogP) is 2.10. The molecule has 0 fully saturated rings. The topological polar surface area (TPSA) is 65.5 Å². The van der Waals surface area contributed by atoms with Crippen molar-refractivity contribution in [2.24, 2.45) is 11.1 Å². The lowest BCUT2D eigenvalue weighted by molar-refractivity contribution is -0.152. The molecule has 2 N–H and O–H groups in total. The molecule has 0 spiro atoms. The summed E-state index contributed by atoms with van der Waals surface area (Å²) in [4.78, 5) is 11.6. The highest BCUT2D eigenvalue weighted by Crippen LogP contribution is 2.34. The summed E-state index contributed by atoms with van der Waals surface area (Å²) in [6.07, 6.45) is 0. The van der Waals surface area contributed by atoms with Crippen molar-refractivity contribution in [2.75, 3.05) is 7.11 Å². The standard InChI is InChI=1S/C12H19NO3/c1-7-6-9(16-8(7)2)10(13)12(3,4)11(14)15-5/h6,10H,13H2,1-5H3/t10-/m1/s1. The fourth-order valence-electron chi connectivity index (χ4n) is 1.50. The molecule has 4 nitrogen and oxygen atoms in total. The number of nitrogens with two attached hydrogens (primary N) is 1. The van der Waals surface area contributed by atoms with Gasteiger partial charge in [-0.05, 0) is 39.3 Å². The van der Waals surface area contributed by atoms with Crippen LogP contribution in [0, 0.1) is 19.3 Å². The highest BCUT2D eigenvalue weighted by Gasteiger charge is 2.38. The van der Waals surface area contributed by atoms with Crippen LogP contribution in [0.25, 0.3) is 0 Å². The first kappa shape index (κ1) is 12.8. The van der Waals surface area contributed by atoms with Gasteiger partial charge < -0.3 is 14.9 Å². The highest BCUT2D eigenvalue weighted by molar-refractivity contribution is 5.76. The average Bonchev–Trinajstić information content (AvgIpc) is 2.56. The monoisotopic (exact) mass is 225 g/mol. The molecule has 0 aromatic carbocycles. The molecule has 0 aliphatic carbocycles. The third-order valence-electron chi connectivity index (χ3n) is 2.98. The maximum Gasteiger partial charge on any atom is 0.313 e. The van der Waals surface area contributed by atoms with E-state index < -0.39 is 11.5 Å². The number of furan rings is 1. The Morgan fingerprint density at radius 2 is 2.06 bits per heavy atom. The third kappa shape index (κ3) is 2.11. The van der Waals surface area contributed by atoms with E-state index >= 15 is 0 Å². The van der Waals surface area contributed by atoms with E-state index in [-0.39, 0.29) is 5.97 Å². The van der Waals surface area contributed by atoms with Crippen molar-refractivity contribution in [3.8, 4) is 0 Å². The summed E-state index contributed by atoms with van der Waals surface area (Å²) in [5.41, 5.74) is 6.27. The van der Waals surface area contributed by atoms with Gasteiger partial charge in [0.05, 0.1) is 18.6 Å². The predicted molar refractivity (Wildman–Crippen MR) is 60.9 cm³/mol. The average molecular weight is 225 g/mol. The lowest BCUT2D eigenvalue weighted by Gasteiger charge is -2.26. The van der Waals surface area contributed by atoms with Crippen LogP contribution in [-0.4, -0.2) is 13.1 Å². The Labute approximate surface area is 95.8 Å². The van der Waals surface area contributed by atoms with Gasteiger partial charge in [-0.1, -0.05) is 0 Å². The zero-order valence-electron chi connectivity index (χ0n) is 10.5. The van der Waals surface area contributed by atoms with Gasteiger partial charge in [-0.2, -0.15) is 0 Å². The normalized spacial score (nSPS) is 13.6. The van der Waals surface area contributed by atoms with Gasteiger partial charge in [0.1, 0.15) is 11.5 Å². The van der Waals surface area contributed by atoms with Crippen LogP contribution < -0.4 is 5.73 Å². The number of hydrogen-bond acceptors (Lipinski definition) is 4. The number of aryl methyl sites for hydroxylation is 2. The van der Waals surface area contributed by atoms with E-state index in [2.05, 4.69) is 0 Å². The van der Waals surface area contributed by atoms with Gasteiger partial charge in [0.2, 0.25) is 0 Å². The molecule has 0 radical (unpaired) electrons. The Kier molecular flexibility index (Phi) is 3.43. The minimum Gasteiger partial charge on any atom is -0.469 e. The first-order valence-corrected chi connectivity index (χ1v) is 5.21. The van der Waals surface area contributed by atoms with Gasteiger partial charge in [0.25, 0.3) is 0 Å². The molecule has 1 atom stereocenters. The molecule has 4 heteroatoms. The van der Waals surface area contributed by atoms with Gasteiger partial charge in [-0.25, -0.2) is 0 Å². The van der Waals surface area contributed by atoms with Gasteiger partial charge in [-0.3, -0.25) is 4.79 Å². The van der Waals surface area contributed by atoms with E-state index in [1.807, 2.05) is 19.9 Å². The Balaban J connectivity index is 3.01. The van der Waals surface area contributed by atoms with E-state index in [4.69, 9.17) is 14.9 Å². The van der Waals surface area contributed by atoms with E-state index in [0.717, 1.165) is 11.3 Å². The van der Waals surface area contributed by atoms with Crippen LogP contribution in [0.3, 0.4) is 0 Å². The smallest absolute Gasteiger partial charge is 0.313 e. The molecule has 0 aliphatic heterocycles. The molecule has 0 aliphatic rings. The summed E-state index contributed by atoms with van der Waals surface area (Å²) >= 11 is 0. The van der Waals surface area contributed by atoms with Crippen LogP contribution in [0.2, 0.25) is 0 Å². The molecule has 90 valence electrons. The second-order valence-corrected chi connectivity index (χ2v) is 4.58. The molecule has 0 saturated carbocycles. The molecule has 1 aromatic rings. The van der Waals surface area contributed by atoms with Crippen molar-refractivity contribution in [1.82, 2.24) is 0 Å². The van der Waals surface area contributed by atoms with Crippen LogP contribution >= 0.6 is 0 Å². The Hall–Kier alpha value is -1.29. The van der Waals surface area contributed by atoms with Crippen molar-refractivity contribution in [3.05, 3.63) is 23.2 Å². The third-order valence-corrected chi connectivity index (χ3v) is 2.98. The van der Waals surface area contributed by atoms with Gasteiger partial charge in [0, 0.05) is 0 Å². The summed E-state index contributed by atoms with van der Waals surface area (Å²) in [6.45, 7) is 7.31. The maximum absolute atomic E-state index is 11.6.